The van der Waals surface area contributed by atoms with E-state index in [2.05, 4.69) is 5.32 Å². The van der Waals surface area contributed by atoms with Crippen molar-refractivity contribution in [2.75, 3.05) is 6.54 Å². The van der Waals surface area contributed by atoms with E-state index in [0.717, 1.165) is 0 Å². The van der Waals surface area contributed by atoms with E-state index in [-0.39, 0.29) is 6.07 Å². The third-order valence-electron chi connectivity index (χ3n) is 2.32. The molecular formula is C9H7F4N. The van der Waals surface area contributed by atoms with Crippen LogP contribution in [0.25, 0.3) is 0 Å². The third-order valence-corrected chi connectivity index (χ3v) is 2.32. The van der Waals surface area contributed by atoms with Crippen molar-refractivity contribution in [3.8, 4) is 0 Å². The highest BCUT2D eigenvalue weighted by Crippen LogP contribution is 2.30. The third kappa shape index (κ3) is 1.28. The fourth-order valence-electron chi connectivity index (χ4n) is 1.43. The molecule has 1 saturated heterocycles. The number of hydrogen-bond acceptors (Lipinski definition) is 1. The second kappa shape index (κ2) is 3.24. The molecule has 0 bridgehead atoms. The van der Waals surface area contributed by atoms with E-state index in [1.165, 1.54) is 0 Å². The molecule has 0 aromatic heterocycles. The minimum absolute atomic E-state index is 0.215. The normalized spacial score (nSPS) is 20.7. The Labute approximate surface area is 77.7 Å². The first kappa shape index (κ1) is 9.45. The second-order valence-electron chi connectivity index (χ2n) is 3.18. The van der Waals surface area contributed by atoms with Gasteiger partial charge in [-0.05, 0) is 13.0 Å². The number of benzene rings is 1. The quantitative estimate of drug-likeness (QED) is 0.547. The van der Waals surface area contributed by atoms with Gasteiger partial charge >= 0.3 is 0 Å². The van der Waals surface area contributed by atoms with Gasteiger partial charge in [-0.2, -0.15) is 0 Å². The van der Waals surface area contributed by atoms with E-state index in [1.807, 2.05) is 0 Å². The summed E-state index contributed by atoms with van der Waals surface area (Å²) in [5.41, 5.74) is -0.534. The van der Waals surface area contributed by atoms with Crippen molar-refractivity contribution in [3.63, 3.8) is 0 Å². The first-order valence-electron chi connectivity index (χ1n) is 4.17. The summed E-state index contributed by atoms with van der Waals surface area (Å²) in [6.07, 6.45) is 0.483. The fraction of sp³-hybridized carbons (Fsp3) is 0.333. The van der Waals surface area contributed by atoms with E-state index in [1.54, 1.807) is 0 Å². The Kier molecular flexibility index (Phi) is 2.19. The SMILES string of the molecule is Fc1cc(F)c(F)c(C2CCN2)c1F. The Morgan fingerprint density at radius 2 is 1.57 bits per heavy atom. The monoisotopic (exact) mass is 205 g/mol. The van der Waals surface area contributed by atoms with Gasteiger partial charge in [0.2, 0.25) is 0 Å². The lowest BCUT2D eigenvalue weighted by Gasteiger charge is -2.28. The Hall–Kier alpha value is -1.10. The molecule has 0 saturated carbocycles. The maximum atomic E-state index is 13.1. The number of rotatable bonds is 1. The zero-order chi connectivity index (χ0) is 10.3. The maximum Gasteiger partial charge on any atom is 0.166 e. The van der Waals surface area contributed by atoms with Gasteiger partial charge in [-0.15, -0.1) is 0 Å². The Morgan fingerprint density at radius 3 is 1.93 bits per heavy atom. The van der Waals surface area contributed by atoms with Crippen molar-refractivity contribution in [2.24, 2.45) is 0 Å². The number of hydrogen-bond donors (Lipinski definition) is 1. The predicted octanol–water partition coefficient (Wildman–Crippen LogP) is 2.28. The first-order chi connectivity index (χ1) is 6.61. The van der Waals surface area contributed by atoms with Gasteiger partial charge < -0.3 is 5.32 Å². The van der Waals surface area contributed by atoms with E-state index in [0.29, 0.717) is 13.0 Å². The van der Waals surface area contributed by atoms with Crippen LogP contribution in [0.15, 0.2) is 6.07 Å². The molecule has 0 radical (unpaired) electrons. The van der Waals surface area contributed by atoms with Crippen LogP contribution < -0.4 is 5.32 Å². The number of nitrogens with one attached hydrogen (secondary N) is 1. The molecule has 0 amide bonds. The molecule has 1 aromatic carbocycles. The van der Waals surface area contributed by atoms with Gasteiger partial charge in [0, 0.05) is 17.7 Å². The zero-order valence-corrected chi connectivity index (χ0v) is 7.08. The van der Waals surface area contributed by atoms with Crippen molar-refractivity contribution in [1.29, 1.82) is 0 Å². The summed E-state index contributed by atoms with van der Waals surface area (Å²) in [5, 5.41) is 2.68. The first-order valence-corrected chi connectivity index (χ1v) is 4.17. The molecule has 1 aliphatic rings. The summed E-state index contributed by atoms with van der Waals surface area (Å²) in [6, 6.07) is -0.396. The largest absolute Gasteiger partial charge is 0.310 e. The highest BCUT2D eigenvalue weighted by atomic mass is 19.2. The molecule has 5 heteroatoms. The van der Waals surface area contributed by atoms with Crippen molar-refractivity contribution in [1.82, 2.24) is 5.32 Å². The molecule has 1 aromatic rings. The summed E-state index contributed by atoms with van der Waals surface area (Å²) in [7, 11) is 0. The van der Waals surface area contributed by atoms with Crippen molar-refractivity contribution < 1.29 is 17.6 Å². The topological polar surface area (TPSA) is 12.0 Å². The molecule has 1 N–H and O–H groups in total. The highest BCUT2D eigenvalue weighted by Gasteiger charge is 2.29. The summed E-state index contributed by atoms with van der Waals surface area (Å²) >= 11 is 0. The minimum Gasteiger partial charge on any atom is -0.310 e. The lowest BCUT2D eigenvalue weighted by Crippen LogP contribution is -2.36. The number of halogens is 4. The van der Waals surface area contributed by atoms with Crippen LogP contribution >= 0.6 is 0 Å². The van der Waals surface area contributed by atoms with Crippen LogP contribution in [-0.4, -0.2) is 6.54 Å². The van der Waals surface area contributed by atoms with Gasteiger partial charge in [0.05, 0.1) is 0 Å². The van der Waals surface area contributed by atoms with Crippen LogP contribution in [0, 0.1) is 23.3 Å². The fourth-order valence-corrected chi connectivity index (χ4v) is 1.43. The van der Waals surface area contributed by atoms with Crippen molar-refractivity contribution >= 4 is 0 Å². The van der Waals surface area contributed by atoms with Crippen molar-refractivity contribution in [3.05, 3.63) is 34.9 Å². The molecule has 14 heavy (non-hydrogen) atoms. The lowest BCUT2D eigenvalue weighted by atomic mass is 9.96. The van der Waals surface area contributed by atoms with E-state index < -0.39 is 34.9 Å². The van der Waals surface area contributed by atoms with Gasteiger partial charge in [0.25, 0.3) is 0 Å². The minimum atomic E-state index is -1.35. The molecule has 76 valence electrons. The summed E-state index contributed by atoms with van der Waals surface area (Å²) in [4.78, 5) is 0. The summed E-state index contributed by atoms with van der Waals surface area (Å²) < 4.78 is 51.6. The molecule has 1 nitrogen and oxygen atoms in total. The van der Waals surface area contributed by atoms with Crippen LogP contribution in [0.4, 0.5) is 17.6 Å². The van der Waals surface area contributed by atoms with Crippen LogP contribution in [0.2, 0.25) is 0 Å². The standard InChI is InChI=1S/C9H7F4N/c10-4-3-5(11)9(13)7(8(4)12)6-1-2-14-6/h3,6,14H,1-2H2. The molecule has 1 heterocycles. The van der Waals surface area contributed by atoms with E-state index >= 15 is 0 Å². The van der Waals surface area contributed by atoms with Gasteiger partial charge in [-0.1, -0.05) is 0 Å². The molecule has 1 unspecified atom stereocenters. The maximum absolute atomic E-state index is 13.1. The average molecular weight is 205 g/mol. The molecule has 1 atom stereocenters. The van der Waals surface area contributed by atoms with Crippen LogP contribution in [0.1, 0.15) is 18.0 Å². The molecule has 0 spiro atoms. The Morgan fingerprint density at radius 1 is 1.07 bits per heavy atom. The Bertz CT molecular complexity index is 347. The van der Waals surface area contributed by atoms with Gasteiger partial charge in [-0.3, -0.25) is 0 Å². The highest BCUT2D eigenvalue weighted by molar-refractivity contribution is 5.27. The molecule has 1 fully saturated rings. The predicted molar refractivity (Wildman–Crippen MR) is 41.6 cm³/mol. The van der Waals surface area contributed by atoms with Crippen LogP contribution in [0.5, 0.6) is 0 Å². The molecule has 2 rings (SSSR count). The molecular weight excluding hydrogens is 198 g/mol. The van der Waals surface area contributed by atoms with Crippen LogP contribution in [0.3, 0.4) is 0 Å². The van der Waals surface area contributed by atoms with Gasteiger partial charge in [0.15, 0.2) is 23.3 Å². The average Bonchev–Trinajstić information content (AvgIpc) is 2.06. The van der Waals surface area contributed by atoms with E-state index in [9.17, 15) is 17.6 Å². The summed E-state index contributed by atoms with van der Waals surface area (Å²) in [6.45, 7) is 0.599. The zero-order valence-electron chi connectivity index (χ0n) is 7.08. The smallest absolute Gasteiger partial charge is 0.166 e. The van der Waals surface area contributed by atoms with Crippen LogP contribution in [-0.2, 0) is 0 Å². The summed E-state index contributed by atoms with van der Waals surface area (Å²) in [5.74, 6) is -5.32. The lowest BCUT2D eigenvalue weighted by molar-refractivity contribution is 0.338. The second-order valence-corrected chi connectivity index (χ2v) is 3.18. The van der Waals surface area contributed by atoms with E-state index in [4.69, 9.17) is 0 Å². The Balaban J connectivity index is 2.54. The molecule has 0 aliphatic carbocycles. The van der Waals surface area contributed by atoms with Gasteiger partial charge in [-0.25, -0.2) is 17.6 Å². The molecule has 1 aliphatic heterocycles. The van der Waals surface area contributed by atoms with Gasteiger partial charge in [0.1, 0.15) is 0 Å². The van der Waals surface area contributed by atoms with Crippen molar-refractivity contribution in [2.45, 2.75) is 12.5 Å².